The lowest BCUT2D eigenvalue weighted by Gasteiger charge is -2.44. The Morgan fingerprint density at radius 1 is 1.00 bits per heavy atom. The molecule has 0 aliphatic carbocycles. The second-order valence-electron chi connectivity index (χ2n) is 7.16. The van der Waals surface area contributed by atoms with Crippen molar-refractivity contribution >= 4 is 5.91 Å². The van der Waals surface area contributed by atoms with Crippen LogP contribution in [0.1, 0.15) is 19.4 Å². The van der Waals surface area contributed by atoms with Gasteiger partial charge in [0, 0.05) is 37.8 Å². The van der Waals surface area contributed by atoms with Crippen molar-refractivity contribution in [1.29, 1.82) is 0 Å². The third-order valence-electron chi connectivity index (χ3n) is 4.99. The van der Waals surface area contributed by atoms with E-state index in [4.69, 9.17) is 4.74 Å². The van der Waals surface area contributed by atoms with Crippen molar-refractivity contribution in [3.8, 4) is 5.75 Å². The molecular formula is C21H23F3N2O2. The maximum Gasteiger partial charge on any atom is 0.260 e. The summed E-state index contributed by atoms with van der Waals surface area (Å²) in [5.74, 6) is -2.32. The molecule has 7 heteroatoms. The summed E-state index contributed by atoms with van der Waals surface area (Å²) >= 11 is 0. The fourth-order valence-corrected chi connectivity index (χ4v) is 3.38. The molecule has 4 nitrogen and oxygen atoms in total. The van der Waals surface area contributed by atoms with Gasteiger partial charge in [-0.3, -0.25) is 9.69 Å². The van der Waals surface area contributed by atoms with Gasteiger partial charge < -0.3 is 9.64 Å². The highest BCUT2D eigenvalue weighted by Gasteiger charge is 2.32. The van der Waals surface area contributed by atoms with Gasteiger partial charge >= 0.3 is 0 Å². The number of carbonyl (C=O) groups is 1. The zero-order valence-corrected chi connectivity index (χ0v) is 15.9. The minimum atomic E-state index is -1.01. The van der Waals surface area contributed by atoms with Crippen molar-refractivity contribution < 1.29 is 22.7 Å². The van der Waals surface area contributed by atoms with E-state index in [0.717, 1.165) is 17.7 Å². The molecule has 3 rings (SSSR count). The average Bonchev–Trinajstić information content (AvgIpc) is 2.67. The monoisotopic (exact) mass is 392 g/mol. The lowest BCUT2D eigenvalue weighted by Crippen LogP contribution is -2.58. The van der Waals surface area contributed by atoms with Crippen LogP contribution >= 0.6 is 0 Å². The molecule has 0 bridgehead atoms. The number of amides is 1. The highest BCUT2D eigenvalue weighted by Crippen LogP contribution is 2.20. The zero-order valence-electron chi connectivity index (χ0n) is 15.9. The molecule has 0 saturated carbocycles. The largest absolute Gasteiger partial charge is 0.484 e. The predicted octanol–water partition coefficient (Wildman–Crippen LogP) is 3.60. The van der Waals surface area contributed by atoms with Crippen molar-refractivity contribution in [2.24, 2.45) is 0 Å². The topological polar surface area (TPSA) is 32.8 Å². The van der Waals surface area contributed by atoms with Crippen molar-refractivity contribution in [3.63, 3.8) is 0 Å². The molecule has 0 N–H and O–H groups in total. The zero-order chi connectivity index (χ0) is 20.3. The standard InChI is InChI=1S/C21H23F3N2O2/c1-14-11-26(21(27)13-28-18-7-8-19(23)20(24)9-18)15(2)10-25(14)12-16-3-5-17(22)6-4-16/h3-9,14-15H,10-13H2,1-2H3/t14-,15+/m1/s1. The number of halogens is 3. The molecule has 1 heterocycles. The Hall–Kier alpha value is -2.54. The summed E-state index contributed by atoms with van der Waals surface area (Å²) in [6.45, 7) is 5.64. The molecule has 0 spiro atoms. The summed E-state index contributed by atoms with van der Waals surface area (Å²) in [6.07, 6.45) is 0. The van der Waals surface area contributed by atoms with E-state index in [1.165, 1.54) is 18.2 Å². The Labute approximate surface area is 162 Å². The van der Waals surface area contributed by atoms with Crippen LogP contribution < -0.4 is 4.74 Å². The van der Waals surface area contributed by atoms with Gasteiger partial charge in [-0.25, -0.2) is 13.2 Å². The first-order valence-corrected chi connectivity index (χ1v) is 9.19. The highest BCUT2D eigenvalue weighted by atomic mass is 19.2. The van der Waals surface area contributed by atoms with Gasteiger partial charge in [-0.15, -0.1) is 0 Å². The quantitative estimate of drug-likeness (QED) is 0.780. The second kappa shape index (κ2) is 8.65. The number of hydrogen-bond acceptors (Lipinski definition) is 3. The molecule has 2 aromatic rings. The SMILES string of the molecule is C[C@@H]1CN(C(=O)COc2ccc(F)c(F)c2)[C@@H](C)CN1Cc1ccc(F)cc1. The first kappa shape index (κ1) is 20.2. The molecule has 2 aromatic carbocycles. The van der Waals surface area contributed by atoms with E-state index in [0.29, 0.717) is 19.6 Å². The number of piperazine rings is 1. The van der Waals surface area contributed by atoms with Gasteiger partial charge in [0.05, 0.1) is 0 Å². The summed E-state index contributed by atoms with van der Waals surface area (Å²) in [4.78, 5) is 16.5. The third-order valence-corrected chi connectivity index (χ3v) is 4.99. The van der Waals surface area contributed by atoms with Crippen molar-refractivity contribution in [2.75, 3.05) is 19.7 Å². The normalized spacial score (nSPS) is 20.2. The molecule has 0 aromatic heterocycles. The summed E-state index contributed by atoms with van der Waals surface area (Å²) in [5.41, 5.74) is 1.02. The number of carbonyl (C=O) groups excluding carboxylic acids is 1. The number of benzene rings is 2. The first-order valence-electron chi connectivity index (χ1n) is 9.19. The van der Waals surface area contributed by atoms with Crippen LogP contribution in [0.25, 0.3) is 0 Å². The lowest BCUT2D eigenvalue weighted by molar-refractivity contribution is -0.139. The minimum Gasteiger partial charge on any atom is -0.484 e. The van der Waals surface area contributed by atoms with Gasteiger partial charge in [-0.2, -0.15) is 0 Å². The first-order chi connectivity index (χ1) is 13.3. The van der Waals surface area contributed by atoms with Crippen molar-refractivity contribution in [3.05, 3.63) is 65.5 Å². The van der Waals surface area contributed by atoms with Crippen LogP contribution in [-0.2, 0) is 11.3 Å². The van der Waals surface area contributed by atoms with E-state index in [1.807, 2.05) is 13.8 Å². The van der Waals surface area contributed by atoms with E-state index in [2.05, 4.69) is 4.90 Å². The van der Waals surface area contributed by atoms with Crippen molar-refractivity contribution in [1.82, 2.24) is 9.80 Å². The summed E-state index contributed by atoms with van der Waals surface area (Å²) in [5, 5.41) is 0. The van der Waals surface area contributed by atoms with Gasteiger partial charge in [0.15, 0.2) is 18.2 Å². The van der Waals surface area contributed by atoms with Crippen LogP contribution in [0.2, 0.25) is 0 Å². The van der Waals surface area contributed by atoms with Gasteiger partial charge in [0.2, 0.25) is 0 Å². The molecule has 28 heavy (non-hydrogen) atoms. The molecule has 1 fully saturated rings. The number of rotatable bonds is 5. The fraction of sp³-hybridized carbons (Fsp3) is 0.381. The number of ether oxygens (including phenoxy) is 1. The maximum atomic E-state index is 13.2. The number of hydrogen-bond donors (Lipinski definition) is 0. The molecule has 150 valence electrons. The molecule has 0 unspecified atom stereocenters. The molecule has 1 amide bonds. The van der Waals surface area contributed by atoms with Crippen LogP contribution in [0.4, 0.5) is 13.2 Å². The van der Waals surface area contributed by atoms with Crippen molar-refractivity contribution in [2.45, 2.75) is 32.5 Å². The van der Waals surface area contributed by atoms with Gasteiger partial charge in [-0.1, -0.05) is 12.1 Å². The van der Waals surface area contributed by atoms with E-state index in [9.17, 15) is 18.0 Å². The Balaban J connectivity index is 1.56. The van der Waals surface area contributed by atoms with E-state index in [1.54, 1.807) is 17.0 Å². The lowest BCUT2D eigenvalue weighted by atomic mass is 10.1. The minimum absolute atomic E-state index is 0.0299. The summed E-state index contributed by atoms with van der Waals surface area (Å²) < 4.78 is 44.6. The average molecular weight is 392 g/mol. The van der Waals surface area contributed by atoms with Crippen LogP contribution in [-0.4, -0.2) is 47.5 Å². The number of nitrogens with zero attached hydrogens (tertiary/aromatic N) is 2. The predicted molar refractivity (Wildman–Crippen MR) is 99.3 cm³/mol. The van der Waals surface area contributed by atoms with Crippen LogP contribution in [0.3, 0.4) is 0 Å². The highest BCUT2D eigenvalue weighted by molar-refractivity contribution is 5.78. The van der Waals surface area contributed by atoms with E-state index < -0.39 is 11.6 Å². The smallest absolute Gasteiger partial charge is 0.260 e. The Bertz CT molecular complexity index is 829. The summed E-state index contributed by atoms with van der Waals surface area (Å²) in [7, 11) is 0. The second-order valence-corrected chi connectivity index (χ2v) is 7.16. The Morgan fingerprint density at radius 3 is 2.39 bits per heavy atom. The van der Waals surface area contributed by atoms with Crippen LogP contribution in [0, 0.1) is 17.5 Å². The molecule has 2 atom stereocenters. The Kier molecular flexibility index (Phi) is 6.24. The van der Waals surface area contributed by atoms with Gasteiger partial charge in [-0.05, 0) is 43.7 Å². The van der Waals surface area contributed by atoms with Gasteiger partial charge in [0.1, 0.15) is 11.6 Å². The molecular weight excluding hydrogens is 369 g/mol. The summed E-state index contributed by atoms with van der Waals surface area (Å²) in [6, 6.07) is 9.69. The van der Waals surface area contributed by atoms with E-state index in [-0.39, 0.29) is 36.2 Å². The third kappa shape index (κ3) is 4.84. The van der Waals surface area contributed by atoms with Crippen LogP contribution in [0.5, 0.6) is 5.75 Å². The maximum absolute atomic E-state index is 13.2. The molecule has 1 aliphatic rings. The van der Waals surface area contributed by atoms with Gasteiger partial charge in [0.25, 0.3) is 5.91 Å². The molecule has 1 aliphatic heterocycles. The van der Waals surface area contributed by atoms with E-state index >= 15 is 0 Å². The Morgan fingerprint density at radius 2 is 1.71 bits per heavy atom. The molecule has 1 saturated heterocycles. The van der Waals surface area contributed by atoms with Crippen LogP contribution in [0.15, 0.2) is 42.5 Å². The fourth-order valence-electron chi connectivity index (χ4n) is 3.38. The molecule has 0 radical (unpaired) electrons.